The SMILES string of the molecule is O=C(COC(=O)c1cccc(Cl)c1)NCCNc1ccc([N+](=O)[O-])cc1. The molecule has 0 aromatic heterocycles. The molecule has 136 valence electrons. The van der Waals surface area contributed by atoms with E-state index < -0.39 is 23.4 Å². The van der Waals surface area contributed by atoms with E-state index in [-0.39, 0.29) is 11.3 Å². The van der Waals surface area contributed by atoms with E-state index in [1.54, 1.807) is 30.3 Å². The Hall–Kier alpha value is -3.13. The fourth-order valence-corrected chi connectivity index (χ4v) is 2.18. The molecule has 0 fully saturated rings. The second-order valence-corrected chi connectivity index (χ2v) is 5.60. The largest absolute Gasteiger partial charge is 0.452 e. The monoisotopic (exact) mass is 377 g/mol. The number of nitro benzene ring substituents is 1. The Morgan fingerprint density at radius 3 is 2.50 bits per heavy atom. The number of carbonyl (C=O) groups is 2. The van der Waals surface area contributed by atoms with Crippen molar-refractivity contribution in [1.29, 1.82) is 0 Å². The number of halogens is 1. The first-order chi connectivity index (χ1) is 12.5. The second kappa shape index (κ2) is 9.38. The zero-order valence-electron chi connectivity index (χ0n) is 13.6. The minimum Gasteiger partial charge on any atom is -0.452 e. The van der Waals surface area contributed by atoms with Crippen molar-refractivity contribution in [2.45, 2.75) is 0 Å². The number of non-ortho nitro benzene ring substituents is 1. The molecule has 2 rings (SSSR count). The van der Waals surface area contributed by atoms with Crippen LogP contribution in [-0.4, -0.2) is 36.5 Å². The highest BCUT2D eigenvalue weighted by Gasteiger charge is 2.10. The molecule has 0 bridgehead atoms. The molecule has 0 atom stereocenters. The zero-order valence-corrected chi connectivity index (χ0v) is 14.4. The summed E-state index contributed by atoms with van der Waals surface area (Å²) in [7, 11) is 0. The van der Waals surface area contributed by atoms with Gasteiger partial charge < -0.3 is 15.4 Å². The van der Waals surface area contributed by atoms with E-state index in [1.165, 1.54) is 18.2 Å². The van der Waals surface area contributed by atoms with Gasteiger partial charge >= 0.3 is 5.97 Å². The molecule has 0 saturated carbocycles. The van der Waals surface area contributed by atoms with E-state index in [9.17, 15) is 19.7 Å². The molecular formula is C17H16ClN3O5. The van der Waals surface area contributed by atoms with Crippen molar-refractivity contribution < 1.29 is 19.2 Å². The summed E-state index contributed by atoms with van der Waals surface area (Å²) in [6.45, 7) is 0.305. The van der Waals surface area contributed by atoms with Gasteiger partial charge in [-0.2, -0.15) is 0 Å². The summed E-state index contributed by atoms with van der Waals surface area (Å²) < 4.78 is 4.90. The molecule has 0 aliphatic heterocycles. The van der Waals surface area contributed by atoms with Gasteiger partial charge in [0.2, 0.25) is 0 Å². The van der Waals surface area contributed by atoms with Crippen molar-refractivity contribution in [3.8, 4) is 0 Å². The van der Waals surface area contributed by atoms with Crippen LogP contribution >= 0.6 is 11.6 Å². The summed E-state index contributed by atoms with van der Waals surface area (Å²) in [5, 5.41) is 16.6. The first-order valence-corrected chi connectivity index (χ1v) is 8.01. The summed E-state index contributed by atoms with van der Waals surface area (Å²) >= 11 is 5.78. The van der Waals surface area contributed by atoms with Crippen molar-refractivity contribution >= 4 is 34.9 Å². The maximum Gasteiger partial charge on any atom is 0.338 e. The number of nitrogens with zero attached hydrogens (tertiary/aromatic N) is 1. The van der Waals surface area contributed by atoms with Gasteiger partial charge in [0.05, 0.1) is 10.5 Å². The van der Waals surface area contributed by atoms with Crippen molar-refractivity contribution in [3.05, 3.63) is 69.2 Å². The van der Waals surface area contributed by atoms with E-state index in [2.05, 4.69) is 10.6 Å². The Bertz CT molecular complexity index is 795. The molecule has 8 nitrogen and oxygen atoms in total. The Morgan fingerprint density at radius 2 is 1.85 bits per heavy atom. The number of amides is 1. The average molecular weight is 378 g/mol. The predicted octanol–water partition coefficient (Wildman–Crippen LogP) is 2.63. The summed E-state index contributed by atoms with van der Waals surface area (Å²) in [6, 6.07) is 12.2. The lowest BCUT2D eigenvalue weighted by atomic mass is 10.2. The average Bonchev–Trinajstić information content (AvgIpc) is 2.63. The second-order valence-electron chi connectivity index (χ2n) is 5.17. The van der Waals surface area contributed by atoms with Crippen molar-refractivity contribution in [1.82, 2.24) is 5.32 Å². The number of hydrogen-bond acceptors (Lipinski definition) is 6. The van der Waals surface area contributed by atoms with Gasteiger partial charge in [0.1, 0.15) is 0 Å². The Morgan fingerprint density at radius 1 is 1.12 bits per heavy atom. The highest BCUT2D eigenvalue weighted by Crippen LogP contribution is 2.15. The van der Waals surface area contributed by atoms with Crippen LogP contribution in [0.15, 0.2) is 48.5 Å². The van der Waals surface area contributed by atoms with Gasteiger partial charge in [0.15, 0.2) is 6.61 Å². The first kappa shape index (κ1) is 19.2. The molecular weight excluding hydrogens is 362 g/mol. The molecule has 2 aromatic rings. The highest BCUT2D eigenvalue weighted by atomic mass is 35.5. The molecule has 0 spiro atoms. The fraction of sp³-hybridized carbons (Fsp3) is 0.176. The number of carbonyl (C=O) groups excluding carboxylic acids is 2. The molecule has 9 heteroatoms. The molecule has 1 amide bonds. The number of anilines is 1. The molecule has 0 heterocycles. The summed E-state index contributed by atoms with van der Waals surface area (Å²) in [6.07, 6.45) is 0. The van der Waals surface area contributed by atoms with Gasteiger partial charge in [-0.05, 0) is 30.3 Å². The van der Waals surface area contributed by atoms with Crippen molar-refractivity contribution in [3.63, 3.8) is 0 Å². The fourth-order valence-electron chi connectivity index (χ4n) is 1.99. The molecule has 0 aliphatic carbocycles. The van der Waals surface area contributed by atoms with Crippen LogP contribution in [0.5, 0.6) is 0 Å². The first-order valence-electron chi connectivity index (χ1n) is 7.63. The standard InChI is InChI=1S/C17H16ClN3O5/c18-13-3-1-2-12(10-13)17(23)26-11-16(22)20-9-8-19-14-4-6-15(7-5-14)21(24)25/h1-7,10,19H,8-9,11H2,(H,20,22). The number of benzene rings is 2. The number of nitro groups is 1. The van der Waals surface area contributed by atoms with Crippen molar-refractivity contribution in [2.75, 3.05) is 25.0 Å². The minimum absolute atomic E-state index is 0.00497. The lowest BCUT2D eigenvalue weighted by Crippen LogP contribution is -2.32. The molecule has 2 aromatic carbocycles. The Labute approximate surface area is 154 Å². The van der Waals surface area contributed by atoms with Crippen LogP contribution in [0.2, 0.25) is 5.02 Å². The highest BCUT2D eigenvalue weighted by molar-refractivity contribution is 6.30. The molecule has 0 aliphatic rings. The van der Waals surface area contributed by atoms with Gasteiger partial charge in [-0.1, -0.05) is 17.7 Å². The number of nitrogens with one attached hydrogen (secondary N) is 2. The summed E-state index contributed by atoms with van der Waals surface area (Å²) in [5.74, 6) is -1.07. The third kappa shape index (κ3) is 6.06. The van der Waals surface area contributed by atoms with Crippen LogP contribution in [-0.2, 0) is 9.53 Å². The third-order valence-corrected chi connectivity index (χ3v) is 3.48. The molecule has 2 N–H and O–H groups in total. The van der Waals surface area contributed by atoms with Crippen molar-refractivity contribution in [2.24, 2.45) is 0 Å². The van der Waals surface area contributed by atoms with Crippen LogP contribution in [0, 0.1) is 10.1 Å². The van der Waals surface area contributed by atoms with Crippen LogP contribution < -0.4 is 10.6 Å². The van der Waals surface area contributed by atoms with Crippen LogP contribution in [0.25, 0.3) is 0 Å². The van der Waals surface area contributed by atoms with E-state index in [1.807, 2.05) is 0 Å². The van der Waals surface area contributed by atoms with Crippen LogP contribution in [0.3, 0.4) is 0 Å². The Kier molecular flexibility index (Phi) is 6.92. The number of esters is 1. The molecule has 0 radical (unpaired) electrons. The van der Waals surface area contributed by atoms with Crippen LogP contribution in [0.4, 0.5) is 11.4 Å². The summed E-state index contributed by atoms with van der Waals surface area (Å²) in [5.41, 5.74) is 0.966. The van der Waals surface area contributed by atoms with Gasteiger partial charge in [-0.15, -0.1) is 0 Å². The molecule has 26 heavy (non-hydrogen) atoms. The van der Waals surface area contributed by atoms with Crippen LogP contribution in [0.1, 0.15) is 10.4 Å². The van der Waals surface area contributed by atoms with E-state index in [0.29, 0.717) is 23.8 Å². The van der Waals surface area contributed by atoms with Gasteiger partial charge in [0, 0.05) is 35.9 Å². The van der Waals surface area contributed by atoms with E-state index in [0.717, 1.165) is 0 Å². The normalized spacial score (nSPS) is 10.0. The van der Waals surface area contributed by atoms with Gasteiger partial charge in [-0.3, -0.25) is 14.9 Å². The van der Waals surface area contributed by atoms with E-state index >= 15 is 0 Å². The summed E-state index contributed by atoms with van der Waals surface area (Å²) in [4.78, 5) is 33.5. The topological polar surface area (TPSA) is 111 Å². The Balaban J connectivity index is 1.65. The number of hydrogen-bond donors (Lipinski definition) is 2. The maximum absolute atomic E-state index is 11.8. The van der Waals surface area contributed by atoms with E-state index in [4.69, 9.17) is 16.3 Å². The number of ether oxygens (including phenoxy) is 1. The zero-order chi connectivity index (χ0) is 18.9. The lowest BCUT2D eigenvalue weighted by Gasteiger charge is -2.08. The predicted molar refractivity (Wildman–Crippen MR) is 96.3 cm³/mol. The lowest BCUT2D eigenvalue weighted by molar-refractivity contribution is -0.384. The third-order valence-electron chi connectivity index (χ3n) is 3.25. The molecule has 0 unspecified atom stereocenters. The smallest absolute Gasteiger partial charge is 0.338 e. The van der Waals surface area contributed by atoms with Gasteiger partial charge in [0.25, 0.3) is 11.6 Å². The number of rotatable bonds is 8. The van der Waals surface area contributed by atoms with Gasteiger partial charge in [-0.25, -0.2) is 4.79 Å². The minimum atomic E-state index is -0.633. The molecule has 0 saturated heterocycles. The quantitative estimate of drug-likeness (QED) is 0.316. The maximum atomic E-state index is 11.8.